The van der Waals surface area contributed by atoms with E-state index in [-0.39, 0.29) is 26.5 Å². The summed E-state index contributed by atoms with van der Waals surface area (Å²) in [7, 11) is 0. The third-order valence-corrected chi connectivity index (χ3v) is 10.1. The van der Waals surface area contributed by atoms with Crippen molar-refractivity contribution in [3.8, 4) is 33.6 Å². The Bertz CT molecular complexity index is 2500. The number of hydrogen-bond donors (Lipinski definition) is 0. The molecule has 0 saturated heterocycles. The summed E-state index contributed by atoms with van der Waals surface area (Å²) in [5.74, 6) is 0. The van der Waals surface area contributed by atoms with Crippen LogP contribution in [0.4, 0.5) is 0 Å². The molecule has 2 nitrogen and oxygen atoms in total. The Balaban J connectivity index is 0.00000361. The second-order valence-electron chi connectivity index (χ2n) is 14.0. The quantitative estimate of drug-likeness (QED) is 0.165. The van der Waals surface area contributed by atoms with E-state index in [2.05, 4.69) is 166 Å². The molecule has 0 radical (unpaired) electrons. The van der Waals surface area contributed by atoms with E-state index in [9.17, 15) is 0 Å². The minimum atomic E-state index is -0.707. The number of aromatic nitrogens is 2. The van der Waals surface area contributed by atoms with Crippen molar-refractivity contribution in [2.45, 2.75) is 31.6 Å². The van der Waals surface area contributed by atoms with Crippen molar-refractivity contribution in [2.75, 3.05) is 0 Å². The van der Waals surface area contributed by atoms with Crippen LogP contribution in [0.15, 0.2) is 152 Å². The van der Waals surface area contributed by atoms with Crippen LogP contribution in [0.2, 0.25) is 0 Å². The van der Waals surface area contributed by atoms with E-state index in [4.69, 9.17) is 9.97 Å². The Morgan fingerprint density at radius 3 is 1.56 bits per heavy atom. The van der Waals surface area contributed by atoms with Gasteiger partial charge in [-0.2, -0.15) is 0 Å². The predicted octanol–water partition coefficient (Wildman–Crippen LogP) is 11.4. The SMILES string of the molecule is CC(C)(C)c1ccnc(-c2[c-]c(C3(c4[c-]c(-c5ccccn5)c5ccccc5c4)c4ccccc4-c4ccccc43)cc3ccccc23)c1.[Pt+2]. The molecular weight excluding hydrogens is 788 g/mol. The number of hydrogen-bond acceptors (Lipinski definition) is 2. The average Bonchev–Trinajstić information content (AvgIpc) is 3.45. The minimum absolute atomic E-state index is 0. The van der Waals surface area contributed by atoms with Crippen molar-refractivity contribution in [3.05, 3.63) is 192 Å². The number of nitrogens with zero attached hydrogens (tertiary/aromatic N) is 2. The molecule has 0 fully saturated rings. The average molecular weight is 822 g/mol. The van der Waals surface area contributed by atoms with Gasteiger partial charge in [0.15, 0.2) is 0 Å². The maximum absolute atomic E-state index is 4.97. The van der Waals surface area contributed by atoms with Crippen LogP contribution in [0.1, 0.15) is 48.6 Å². The topological polar surface area (TPSA) is 25.8 Å². The largest absolute Gasteiger partial charge is 2.00 e. The van der Waals surface area contributed by atoms with Crippen molar-refractivity contribution in [3.63, 3.8) is 0 Å². The van der Waals surface area contributed by atoms with Crippen LogP contribution < -0.4 is 0 Å². The van der Waals surface area contributed by atoms with Gasteiger partial charge in [0.2, 0.25) is 0 Å². The zero-order chi connectivity index (χ0) is 33.2. The van der Waals surface area contributed by atoms with Crippen LogP contribution in [0.3, 0.4) is 0 Å². The molecule has 9 rings (SSSR count). The Hall–Kier alpha value is -5.17. The zero-order valence-electron chi connectivity index (χ0n) is 28.1. The van der Waals surface area contributed by atoms with Crippen molar-refractivity contribution < 1.29 is 21.1 Å². The fourth-order valence-corrected chi connectivity index (χ4v) is 7.80. The van der Waals surface area contributed by atoms with Crippen molar-refractivity contribution in [1.82, 2.24) is 9.97 Å². The fraction of sp³-hybridized carbons (Fsp3) is 0.106. The van der Waals surface area contributed by atoms with Crippen molar-refractivity contribution >= 4 is 21.5 Å². The molecule has 2 heterocycles. The van der Waals surface area contributed by atoms with Gasteiger partial charge in [-0.15, -0.1) is 57.3 Å². The summed E-state index contributed by atoms with van der Waals surface area (Å²) in [6.07, 6.45) is 3.81. The van der Waals surface area contributed by atoms with Crippen LogP contribution in [0, 0.1) is 12.1 Å². The maximum Gasteiger partial charge on any atom is 2.00 e. The fourth-order valence-electron chi connectivity index (χ4n) is 7.80. The first-order valence-corrected chi connectivity index (χ1v) is 16.9. The minimum Gasteiger partial charge on any atom is -0.305 e. The first-order chi connectivity index (χ1) is 23.9. The monoisotopic (exact) mass is 821 g/mol. The molecule has 0 unspecified atom stereocenters. The maximum atomic E-state index is 4.97. The van der Waals surface area contributed by atoms with Gasteiger partial charge in [-0.3, -0.25) is 0 Å². The molecule has 2 aromatic heterocycles. The molecular formula is C47H34N2Pt. The van der Waals surface area contributed by atoms with Crippen LogP contribution in [-0.4, -0.2) is 9.97 Å². The number of fused-ring (bicyclic) bond motifs is 5. The molecule has 0 amide bonds. The predicted molar refractivity (Wildman–Crippen MR) is 202 cm³/mol. The molecule has 242 valence electrons. The van der Waals surface area contributed by atoms with E-state index in [1.807, 2.05) is 18.5 Å². The summed E-state index contributed by atoms with van der Waals surface area (Å²) in [4.78, 5) is 9.80. The van der Waals surface area contributed by atoms with E-state index in [0.717, 1.165) is 55.2 Å². The van der Waals surface area contributed by atoms with Gasteiger partial charge in [-0.25, -0.2) is 0 Å². The van der Waals surface area contributed by atoms with Gasteiger partial charge < -0.3 is 9.97 Å². The Morgan fingerprint density at radius 1 is 0.500 bits per heavy atom. The molecule has 1 aliphatic rings. The second-order valence-corrected chi connectivity index (χ2v) is 14.0. The molecule has 0 aliphatic heterocycles. The van der Waals surface area contributed by atoms with E-state index < -0.39 is 5.41 Å². The van der Waals surface area contributed by atoms with Crippen LogP contribution >= 0.6 is 0 Å². The molecule has 0 N–H and O–H groups in total. The number of pyridine rings is 2. The van der Waals surface area contributed by atoms with Gasteiger partial charge in [0.1, 0.15) is 0 Å². The van der Waals surface area contributed by atoms with Crippen LogP contribution in [-0.2, 0) is 31.9 Å². The van der Waals surface area contributed by atoms with Gasteiger partial charge >= 0.3 is 21.1 Å². The third kappa shape index (κ3) is 4.97. The van der Waals surface area contributed by atoms with Gasteiger partial charge in [0.25, 0.3) is 0 Å². The molecule has 0 spiro atoms. The van der Waals surface area contributed by atoms with Gasteiger partial charge in [-0.1, -0.05) is 147 Å². The summed E-state index contributed by atoms with van der Waals surface area (Å²) in [6, 6.07) is 58.2. The summed E-state index contributed by atoms with van der Waals surface area (Å²) in [5, 5.41) is 4.57. The molecule has 3 heteroatoms. The Kier molecular flexibility index (Phi) is 7.89. The molecule has 0 atom stereocenters. The standard InChI is InChI=1S/C47H34N2.Pt/c1-46(2,3)33-23-25-49-45(30-33)41-29-35(27-32-15-5-7-17-37(32)41)47(42-20-10-8-18-38(42)39-19-9-11-21-43(39)47)34-26-31-14-4-6-16-36(31)40(28-34)44-22-12-13-24-48-44;/h4-27,30H,1-3H3;/q-2;+2. The first kappa shape index (κ1) is 32.1. The summed E-state index contributed by atoms with van der Waals surface area (Å²) in [6.45, 7) is 6.75. The Labute approximate surface area is 308 Å². The van der Waals surface area contributed by atoms with Gasteiger partial charge in [-0.05, 0) is 56.8 Å². The molecule has 8 aromatic rings. The molecule has 50 heavy (non-hydrogen) atoms. The van der Waals surface area contributed by atoms with Gasteiger partial charge in [0, 0.05) is 17.8 Å². The number of benzene rings is 6. The smallest absolute Gasteiger partial charge is 0.305 e. The zero-order valence-corrected chi connectivity index (χ0v) is 30.4. The Morgan fingerprint density at radius 2 is 1.00 bits per heavy atom. The first-order valence-electron chi connectivity index (χ1n) is 16.9. The van der Waals surface area contributed by atoms with Crippen molar-refractivity contribution in [2.24, 2.45) is 0 Å². The molecule has 0 saturated carbocycles. The normalized spacial score (nSPS) is 13.1. The van der Waals surface area contributed by atoms with E-state index in [1.54, 1.807) is 0 Å². The van der Waals surface area contributed by atoms with Crippen LogP contribution in [0.5, 0.6) is 0 Å². The summed E-state index contributed by atoms with van der Waals surface area (Å²) >= 11 is 0. The molecule has 6 aromatic carbocycles. The van der Waals surface area contributed by atoms with Gasteiger partial charge in [0.05, 0.1) is 0 Å². The molecule has 0 bridgehead atoms. The third-order valence-electron chi connectivity index (χ3n) is 10.1. The van der Waals surface area contributed by atoms with E-state index in [1.165, 1.54) is 27.8 Å². The summed E-state index contributed by atoms with van der Waals surface area (Å²) < 4.78 is 0. The van der Waals surface area contributed by atoms with E-state index >= 15 is 0 Å². The van der Waals surface area contributed by atoms with Crippen LogP contribution in [0.25, 0.3) is 55.2 Å². The molecule has 1 aliphatic carbocycles. The second kappa shape index (κ2) is 12.3. The number of rotatable bonds is 4. The van der Waals surface area contributed by atoms with Crippen molar-refractivity contribution in [1.29, 1.82) is 0 Å². The summed E-state index contributed by atoms with van der Waals surface area (Å²) in [5.41, 5.74) is 11.4. The van der Waals surface area contributed by atoms with E-state index in [0.29, 0.717) is 0 Å².